The van der Waals surface area contributed by atoms with E-state index >= 15 is 0 Å². The Bertz CT molecular complexity index is 876. The van der Waals surface area contributed by atoms with Gasteiger partial charge < -0.3 is 5.32 Å². The number of amides is 2. The third kappa shape index (κ3) is 6.35. The molecule has 0 aromatic heterocycles. The highest BCUT2D eigenvalue weighted by Crippen LogP contribution is 2.14. The van der Waals surface area contributed by atoms with Crippen molar-refractivity contribution in [2.75, 3.05) is 5.32 Å². The Morgan fingerprint density at radius 3 is 2.33 bits per heavy atom. The summed E-state index contributed by atoms with van der Waals surface area (Å²) in [6, 6.07) is 11.3. The van der Waals surface area contributed by atoms with Crippen molar-refractivity contribution < 1.29 is 14.5 Å². The van der Waals surface area contributed by atoms with E-state index in [0.717, 1.165) is 11.1 Å². The molecule has 2 aromatic carbocycles. The van der Waals surface area contributed by atoms with Crippen molar-refractivity contribution in [1.29, 1.82) is 0 Å². The summed E-state index contributed by atoms with van der Waals surface area (Å²) in [6.45, 7) is 3.95. The van der Waals surface area contributed by atoms with E-state index in [1.54, 1.807) is 0 Å². The average Bonchev–Trinajstić information content (AvgIpc) is 2.63. The van der Waals surface area contributed by atoms with Crippen LogP contribution in [0.3, 0.4) is 0 Å². The summed E-state index contributed by atoms with van der Waals surface area (Å²) in [4.78, 5) is 33.7. The molecule has 0 radical (unpaired) electrons. The zero-order chi connectivity index (χ0) is 19.8. The van der Waals surface area contributed by atoms with Gasteiger partial charge in [0.05, 0.1) is 11.1 Å². The van der Waals surface area contributed by atoms with E-state index in [1.807, 2.05) is 32.0 Å². The molecule has 0 spiro atoms. The van der Waals surface area contributed by atoms with Gasteiger partial charge in [0.25, 0.3) is 5.69 Å². The van der Waals surface area contributed by atoms with Crippen molar-refractivity contribution >= 4 is 29.4 Å². The zero-order valence-corrected chi connectivity index (χ0v) is 15.1. The molecule has 0 fully saturated rings. The van der Waals surface area contributed by atoms with Gasteiger partial charge in [0, 0.05) is 30.7 Å². The molecule has 0 aliphatic heterocycles. The molecule has 0 aliphatic rings. The molecule has 2 N–H and O–H groups in total. The maximum Gasteiger partial charge on any atom is 0.269 e. The van der Waals surface area contributed by atoms with E-state index < -0.39 is 10.8 Å². The molecular weight excluding hydrogens is 348 g/mol. The average molecular weight is 368 g/mol. The molecule has 0 saturated carbocycles. The molecule has 0 aliphatic carbocycles. The summed E-state index contributed by atoms with van der Waals surface area (Å²) >= 11 is 0. The number of carbonyl (C=O) groups excluding carboxylic acids is 2. The summed E-state index contributed by atoms with van der Waals surface area (Å²) in [6.07, 6.45) is 1.40. The molecule has 140 valence electrons. The molecule has 8 heteroatoms. The summed E-state index contributed by atoms with van der Waals surface area (Å²) in [7, 11) is 0. The van der Waals surface area contributed by atoms with Crippen molar-refractivity contribution in [2.45, 2.75) is 26.7 Å². The minimum atomic E-state index is -0.494. The predicted octanol–water partition coefficient (Wildman–Crippen LogP) is 3.08. The number of hydrazone groups is 1. The summed E-state index contributed by atoms with van der Waals surface area (Å²) in [5, 5.41) is 17.1. The smallest absolute Gasteiger partial charge is 0.269 e. The Hall–Kier alpha value is -3.55. The van der Waals surface area contributed by atoms with Gasteiger partial charge in [-0.2, -0.15) is 5.10 Å². The standard InChI is InChI=1S/C19H20N4O4/c1-13-3-6-16(11-14(13)2)21-18(24)9-10-19(25)22-20-12-15-4-7-17(8-5-15)23(26)27/h3-8,11-12H,9-10H2,1-2H3,(H,21,24)(H,22,25). The normalized spacial score (nSPS) is 10.6. The minimum Gasteiger partial charge on any atom is -0.326 e. The number of non-ortho nitro benzene ring substituents is 1. The second-order valence-corrected chi connectivity index (χ2v) is 5.99. The fourth-order valence-electron chi connectivity index (χ4n) is 2.19. The lowest BCUT2D eigenvalue weighted by molar-refractivity contribution is -0.384. The van der Waals surface area contributed by atoms with Gasteiger partial charge in [-0.1, -0.05) is 6.07 Å². The maximum absolute atomic E-state index is 11.9. The third-order valence-corrected chi connectivity index (χ3v) is 3.88. The fourth-order valence-corrected chi connectivity index (χ4v) is 2.19. The Morgan fingerprint density at radius 2 is 1.70 bits per heavy atom. The first-order valence-corrected chi connectivity index (χ1v) is 8.28. The number of carbonyl (C=O) groups is 2. The van der Waals surface area contributed by atoms with Crippen LogP contribution in [0.4, 0.5) is 11.4 Å². The molecule has 27 heavy (non-hydrogen) atoms. The Balaban J connectivity index is 1.75. The van der Waals surface area contributed by atoms with Gasteiger partial charge in [-0.3, -0.25) is 19.7 Å². The van der Waals surface area contributed by atoms with Crippen LogP contribution in [0.25, 0.3) is 0 Å². The van der Waals surface area contributed by atoms with Crippen LogP contribution in [0, 0.1) is 24.0 Å². The molecule has 2 amide bonds. The summed E-state index contributed by atoms with van der Waals surface area (Å²) in [5.74, 6) is -0.656. The second kappa shape index (κ2) is 9.23. The van der Waals surface area contributed by atoms with Crippen LogP contribution in [0.1, 0.15) is 29.5 Å². The van der Waals surface area contributed by atoms with Crippen molar-refractivity contribution in [3.8, 4) is 0 Å². The van der Waals surface area contributed by atoms with E-state index in [4.69, 9.17) is 0 Å². The molecule has 8 nitrogen and oxygen atoms in total. The lowest BCUT2D eigenvalue weighted by Crippen LogP contribution is -2.20. The largest absolute Gasteiger partial charge is 0.326 e. The van der Waals surface area contributed by atoms with Crippen LogP contribution >= 0.6 is 0 Å². The van der Waals surface area contributed by atoms with Crippen molar-refractivity contribution in [1.82, 2.24) is 5.43 Å². The number of nitrogens with zero attached hydrogens (tertiary/aromatic N) is 2. The molecule has 0 unspecified atom stereocenters. The van der Waals surface area contributed by atoms with Gasteiger partial charge in [0.2, 0.25) is 11.8 Å². The van der Waals surface area contributed by atoms with Gasteiger partial charge in [-0.15, -0.1) is 0 Å². The van der Waals surface area contributed by atoms with Gasteiger partial charge in [0.1, 0.15) is 0 Å². The topological polar surface area (TPSA) is 114 Å². The lowest BCUT2D eigenvalue weighted by Gasteiger charge is -2.07. The van der Waals surface area contributed by atoms with Crippen molar-refractivity contribution in [3.05, 3.63) is 69.3 Å². The van der Waals surface area contributed by atoms with E-state index in [0.29, 0.717) is 11.3 Å². The van der Waals surface area contributed by atoms with E-state index in [2.05, 4.69) is 15.8 Å². The van der Waals surface area contributed by atoms with E-state index in [-0.39, 0.29) is 24.4 Å². The van der Waals surface area contributed by atoms with Gasteiger partial charge in [-0.25, -0.2) is 5.43 Å². The zero-order valence-electron chi connectivity index (χ0n) is 15.1. The van der Waals surface area contributed by atoms with Crippen LogP contribution in [0.5, 0.6) is 0 Å². The Labute approximate surface area is 156 Å². The van der Waals surface area contributed by atoms with Gasteiger partial charge >= 0.3 is 0 Å². The number of nitro groups is 1. The molecular formula is C19H20N4O4. The number of nitro benzene ring substituents is 1. The van der Waals surface area contributed by atoms with E-state index in [1.165, 1.54) is 30.5 Å². The summed E-state index contributed by atoms with van der Waals surface area (Å²) < 4.78 is 0. The molecule has 0 saturated heterocycles. The minimum absolute atomic E-state index is 0.00568. The first-order valence-electron chi connectivity index (χ1n) is 8.28. The maximum atomic E-state index is 11.9. The SMILES string of the molecule is Cc1ccc(NC(=O)CCC(=O)NN=Cc2ccc([N+](=O)[O-])cc2)cc1C. The van der Waals surface area contributed by atoms with Crippen molar-refractivity contribution in [2.24, 2.45) is 5.10 Å². The first-order chi connectivity index (χ1) is 12.8. The van der Waals surface area contributed by atoms with Gasteiger partial charge in [-0.05, 0) is 54.8 Å². The first kappa shape index (κ1) is 19.8. The molecule has 2 rings (SSSR count). The second-order valence-electron chi connectivity index (χ2n) is 5.99. The van der Waals surface area contributed by atoms with Crippen molar-refractivity contribution in [3.63, 3.8) is 0 Å². The van der Waals surface area contributed by atoms with Crippen LogP contribution < -0.4 is 10.7 Å². The lowest BCUT2D eigenvalue weighted by atomic mass is 10.1. The predicted molar refractivity (Wildman–Crippen MR) is 103 cm³/mol. The summed E-state index contributed by atoms with van der Waals surface area (Å²) in [5.41, 5.74) is 5.81. The molecule has 2 aromatic rings. The van der Waals surface area contributed by atoms with Crippen LogP contribution in [-0.4, -0.2) is 23.0 Å². The quantitative estimate of drug-likeness (QED) is 0.444. The number of rotatable bonds is 7. The third-order valence-electron chi connectivity index (χ3n) is 3.88. The monoisotopic (exact) mass is 368 g/mol. The highest BCUT2D eigenvalue weighted by Gasteiger charge is 2.07. The number of aryl methyl sites for hydroxylation is 2. The Kier molecular flexibility index (Phi) is 6.76. The molecule has 0 atom stereocenters. The van der Waals surface area contributed by atoms with Crippen LogP contribution in [0.2, 0.25) is 0 Å². The van der Waals surface area contributed by atoms with Crippen LogP contribution in [-0.2, 0) is 9.59 Å². The molecule has 0 heterocycles. The van der Waals surface area contributed by atoms with Crippen LogP contribution in [0.15, 0.2) is 47.6 Å². The molecule has 0 bridgehead atoms. The number of hydrogen-bond acceptors (Lipinski definition) is 5. The fraction of sp³-hybridized carbons (Fsp3) is 0.211. The van der Waals surface area contributed by atoms with E-state index in [9.17, 15) is 19.7 Å². The highest BCUT2D eigenvalue weighted by atomic mass is 16.6. The number of benzene rings is 2. The number of hydrogen-bond donors (Lipinski definition) is 2. The Morgan fingerprint density at radius 1 is 1.04 bits per heavy atom. The van der Waals surface area contributed by atoms with Gasteiger partial charge in [0.15, 0.2) is 0 Å². The number of anilines is 1. The highest BCUT2D eigenvalue weighted by molar-refractivity contribution is 5.93. The number of nitrogens with one attached hydrogen (secondary N) is 2.